The molecule has 0 aromatic heterocycles. The Labute approximate surface area is 102 Å². The Bertz CT molecular complexity index is 273. The van der Waals surface area contributed by atoms with Gasteiger partial charge in [-0.05, 0) is 13.8 Å². The monoisotopic (exact) mass is 242 g/mol. The van der Waals surface area contributed by atoms with Crippen LogP contribution in [0.25, 0.3) is 0 Å². The summed E-state index contributed by atoms with van der Waals surface area (Å²) in [5.74, 6) is -0.854. The van der Waals surface area contributed by atoms with Gasteiger partial charge in [0.1, 0.15) is 0 Å². The third-order valence-corrected chi connectivity index (χ3v) is 2.85. The molecule has 1 atom stereocenters. The maximum absolute atomic E-state index is 10.6. The molecule has 1 heterocycles. The lowest BCUT2D eigenvalue weighted by Gasteiger charge is -2.29. The molecular formula is C12H22N2O3. The smallest absolute Gasteiger partial charge is 0.330 e. The van der Waals surface area contributed by atoms with E-state index in [2.05, 4.69) is 17.1 Å². The lowest BCUT2D eigenvalue weighted by Crippen LogP contribution is -2.44. The molecule has 5 nitrogen and oxygen atoms in total. The molecule has 0 spiro atoms. The van der Waals surface area contributed by atoms with Crippen molar-refractivity contribution in [1.29, 1.82) is 0 Å². The molecule has 1 saturated heterocycles. The summed E-state index contributed by atoms with van der Waals surface area (Å²) < 4.78 is 5.28. The standard InChI is InChI=1S/C12H22N2O3/c1-10(12(15)16)3-4-13-11(2)9-14-5-7-17-8-6-14/h3,11,13H,4-9H2,1-2H3,(H,15,16)/b10-3-. The van der Waals surface area contributed by atoms with Gasteiger partial charge in [0.05, 0.1) is 13.2 Å². The number of carboxylic acids is 1. The van der Waals surface area contributed by atoms with Gasteiger partial charge in [-0.15, -0.1) is 0 Å². The fourth-order valence-electron chi connectivity index (χ4n) is 1.74. The second-order valence-corrected chi connectivity index (χ2v) is 4.41. The van der Waals surface area contributed by atoms with Gasteiger partial charge in [-0.3, -0.25) is 4.90 Å². The van der Waals surface area contributed by atoms with Crippen LogP contribution in [-0.2, 0) is 9.53 Å². The van der Waals surface area contributed by atoms with Crippen LogP contribution in [0.2, 0.25) is 0 Å². The second-order valence-electron chi connectivity index (χ2n) is 4.41. The van der Waals surface area contributed by atoms with Gasteiger partial charge < -0.3 is 15.2 Å². The maximum Gasteiger partial charge on any atom is 0.330 e. The van der Waals surface area contributed by atoms with Gasteiger partial charge in [0.2, 0.25) is 0 Å². The first-order chi connectivity index (χ1) is 8.09. The van der Waals surface area contributed by atoms with Crippen LogP contribution in [0.5, 0.6) is 0 Å². The minimum absolute atomic E-state index is 0.353. The van der Waals surface area contributed by atoms with Crippen molar-refractivity contribution in [2.45, 2.75) is 19.9 Å². The second kappa shape index (κ2) is 7.42. The number of nitrogens with zero attached hydrogens (tertiary/aromatic N) is 1. The maximum atomic E-state index is 10.6. The van der Waals surface area contributed by atoms with E-state index in [1.54, 1.807) is 13.0 Å². The Morgan fingerprint density at radius 3 is 2.76 bits per heavy atom. The van der Waals surface area contributed by atoms with Crippen molar-refractivity contribution in [1.82, 2.24) is 10.2 Å². The first-order valence-electron chi connectivity index (χ1n) is 6.03. The minimum Gasteiger partial charge on any atom is -0.478 e. The van der Waals surface area contributed by atoms with E-state index in [0.717, 1.165) is 32.8 Å². The summed E-state index contributed by atoms with van der Waals surface area (Å²) in [6, 6.07) is 0.353. The molecule has 17 heavy (non-hydrogen) atoms. The highest BCUT2D eigenvalue weighted by atomic mass is 16.5. The third-order valence-electron chi connectivity index (χ3n) is 2.85. The largest absolute Gasteiger partial charge is 0.478 e. The normalized spacial score (nSPS) is 20.2. The molecule has 0 saturated carbocycles. The van der Waals surface area contributed by atoms with Crippen molar-refractivity contribution in [2.75, 3.05) is 39.4 Å². The van der Waals surface area contributed by atoms with E-state index in [4.69, 9.17) is 9.84 Å². The van der Waals surface area contributed by atoms with E-state index in [1.807, 2.05) is 0 Å². The predicted octanol–water partition coefficient (Wildman–Crippen LogP) is 0.328. The van der Waals surface area contributed by atoms with Crippen molar-refractivity contribution in [2.24, 2.45) is 0 Å². The highest BCUT2D eigenvalue weighted by Gasteiger charge is 2.12. The summed E-state index contributed by atoms with van der Waals surface area (Å²) in [4.78, 5) is 12.9. The van der Waals surface area contributed by atoms with Crippen LogP contribution in [0, 0.1) is 0 Å². The van der Waals surface area contributed by atoms with Gasteiger partial charge >= 0.3 is 5.97 Å². The number of carboxylic acid groups (broad SMARTS) is 1. The number of ether oxygens (including phenoxy) is 1. The number of aliphatic carboxylic acids is 1. The number of carbonyl (C=O) groups is 1. The fourth-order valence-corrected chi connectivity index (χ4v) is 1.74. The van der Waals surface area contributed by atoms with Crippen LogP contribution in [0.4, 0.5) is 0 Å². The van der Waals surface area contributed by atoms with Gasteiger partial charge in [0.15, 0.2) is 0 Å². The number of morpholine rings is 1. The van der Waals surface area contributed by atoms with E-state index in [-0.39, 0.29) is 0 Å². The van der Waals surface area contributed by atoms with Gasteiger partial charge in [-0.2, -0.15) is 0 Å². The van der Waals surface area contributed by atoms with Gasteiger partial charge in [-0.1, -0.05) is 6.08 Å². The molecular weight excluding hydrogens is 220 g/mol. The Balaban J connectivity index is 2.18. The van der Waals surface area contributed by atoms with Crippen LogP contribution in [0.15, 0.2) is 11.6 Å². The average molecular weight is 242 g/mol. The predicted molar refractivity (Wildman–Crippen MR) is 66.1 cm³/mol. The SMILES string of the molecule is C/C(=C/CNC(C)CN1CCOCC1)C(=O)O. The van der Waals surface area contributed by atoms with E-state index < -0.39 is 5.97 Å². The zero-order valence-corrected chi connectivity index (χ0v) is 10.6. The molecule has 2 N–H and O–H groups in total. The van der Waals surface area contributed by atoms with E-state index in [0.29, 0.717) is 18.2 Å². The molecule has 1 aliphatic heterocycles. The molecule has 0 amide bonds. The molecule has 98 valence electrons. The Morgan fingerprint density at radius 2 is 2.18 bits per heavy atom. The molecule has 1 unspecified atom stereocenters. The van der Waals surface area contributed by atoms with Crippen molar-refractivity contribution >= 4 is 5.97 Å². The van der Waals surface area contributed by atoms with Crippen molar-refractivity contribution in [3.8, 4) is 0 Å². The highest BCUT2D eigenvalue weighted by molar-refractivity contribution is 5.85. The summed E-state index contributed by atoms with van der Waals surface area (Å²) >= 11 is 0. The lowest BCUT2D eigenvalue weighted by atomic mass is 10.2. The lowest BCUT2D eigenvalue weighted by molar-refractivity contribution is -0.132. The van der Waals surface area contributed by atoms with Crippen LogP contribution in [0.1, 0.15) is 13.8 Å². The minimum atomic E-state index is -0.854. The number of rotatable bonds is 6. The van der Waals surface area contributed by atoms with Crippen molar-refractivity contribution < 1.29 is 14.6 Å². The number of hydrogen-bond donors (Lipinski definition) is 2. The molecule has 1 rings (SSSR count). The highest BCUT2D eigenvalue weighted by Crippen LogP contribution is 1.98. The zero-order valence-electron chi connectivity index (χ0n) is 10.6. The van der Waals surface area contributed by atoms with Crippen molar-refractivity contribution in [3.05, 3.63) is 11.6 Å². The Hall–Kier alpha value is -0.910. The van der Waals surface area contributed by atoms with E-state index in [9.17, 15) is 4.79 Å². The molecule has 0 aromatic carbocycles. The molecule has 5 heteroatoms. The van der Waals surface area contributed by atoms with Crippen molar-refractivity contribution in [3.63, 3.8) is 0 Å². The number of hydrogen-bond acceptors (Lipinski definition) is 4. The average Bonchev–Trinajstić information content (AvgIpc) is 2.30. The quantitative estimate of drug-likeness (QED) is 0.657. The van der Waals surface area contributed by atoms with Gasteiger partial charge in [0.25, 0.3) is 0 Å². The fraction of sp³-hybridized carbons (Fsp3) is 0.750. The first-order valence-corrected chi connectivity index (χ1v) is 6.03. The van der Waals surface area contributed by atoms with E-state index >= 15 is 0 Å². The Morgan fingerprint density at radius 1 is 1.53 bits per heavy atom. The molecule has 0 bridgehead atoms. The van der Waals surface area contributed by atoms with Crippen LogP contribution in [0.3, 0.4) is 0 Å². The molecule has 1 aliphatic rings. The third kappa shape index (κ3) is 5.81. The summed E-state index contributed by atoms with van der Waals surface area (Å²) in [5.41, 5.74) is 0.385. The molecule has 0 aliphatic carbocycles. The Kier molecular flexibility index (Phi) is 6.18. The van der Waals surface area contributed by atoms with Crippen LogP contribution >= 0.6 is 0 Å². The summed E-state index contributed by atoms with van der Waals surface area (Å²) in [6.07, 6.45) is 1.71. The van der Waals surface area contributed by atoms with E-state index in [1.165, 1.54) is 0 Å². The molecule has 0 radical (unpaired) electrons. The van der Waals surface area contributed by atoms with Crippen LogP contribution < -0.4 is 5.32 Å². The van der Waals surface area contributed by atoms with Crippen LogP contribution in [-0.4, -0.2) is 61.4 Å². The topological polar surface area (TPSA) is 61.8 Å². The zero-order chi connectivity index (χ0) is 12.7. The number of nitrogens with one attached hydrogen (secondary N) is 1. The first kappa shape index (κ1) is 14.2. The van der Waals surface area contributed by atoms with Gasteiger partial charge in [0, 0.05) is 37.8 Å². The van der Waals surface area contributed by atoms with Gasteiger partial charge in [-0.25, -0.2) is 4.79 Å². The summed E-state index contributed by atoms with van der Waals surface area (Å²) in [5, 5.41) is 12.0. The summed E-state index contributed by atoms with van der Waals surface area (Å²) in [6.45, 7) is 8.88. The molecule has 0 aromatic rings. The molecule has 1 fully saturated rings. The summed E-state index contributed by atoms with van der Waals surface area (Å²) in [7, 11) is 0.